The maximum absolute atomic E-state index is 6.38. The lowest BCUT2D eigenvalue weighted by atomic mass is 10.0. The van der Waals surface area contributed by atoms with Crippen LogP contribution in [-0.4, -0.2) is 4.98 Å². The SMILES string of the molecule is c1ccc(-c2ccc3cc(N(c4ccc5ccccc5c4)c4ccc5c(c4)oc4nc6ccccc6cc45)ccc3c2)cc1. The second-order valence-electron chi connectivity index (χ2n) is 11.3. The molecule has 3 nitrogen and oxygen atoms in total. The molecule has 0 aliphatic heterocycles. The number of nitrogens with zero attached hydrogens (tertiary/aromatic N) is 2. The Kier molecular flexibility index (Phi) is 5.50. The lowest BCUT2D eigenvalue weighted by Crippen LogP contribution is -2.09. The lowest BCUT2D eigenvalue weighted by molar-refractivity contribution is 0.656. The molecule has 0 fully saturated rings. The first-order valence-electron chi connectivity index (χ1n) is 14.9. The first-order valence-corrected chi connectivity index (χ1v) is 14.9. The van der Waals surface area contributed by atoms with Crippen LogP contribution in [0.3, 0.4) is 0 Å². The molecule has 0 amide bonds. The molecule has 0 aliphatic carbocycles. The molecule has 0 saturated heterocycles. The van der Waals surface area contributed by atoms with E-state index in [1.54, 1.807) is 0 Å². The van der Waals surface area contributed by atoms with E-state index in [2.05, 4.69) is 144 Å². The van der Waals surface area contributed by atoms with E-state index in [1.807, 2.05) is 18.2 Å². The van der Waals surface area contributed by atoms with Gasteiger partial charge in [0, 0.05) is 39.3 Å². The van der Waals surface area contributed by atoms with Crippen molar-refractivity contribution in [1.82, 2.24) is 4.98 Å². The molecule has 0 spiro atoms. The third kappa shape index (κ3) is 4.10. The topological polar surface area (TPSA) is 29.3 Å². The van der Waals surface area contributed by atoms with Crippen LogP contribution in [0.1, 0.15) is 0 Å². The van der Waals surface area contributed by atoms with Crippen LogP contribution >= 0.6 is 0 Å². The van der Waals surface area contributed by atoms with Gasteiger partial charge < -0.3 is 9.32 Å². The highest BCUT2D eigenvalue weighted by atomic mass is 16.3. The molecule has 7 aromatic carbocycles. The second-order valence-corrected chi connectivity index (χ2v) is 11.3. The summed E-state index contributed by atoms with van der Waals surface area (Å²) in [6.45, 7) is 0. The van der Waals surface area contributed by atoms with Crippen LogP contribution in [0, 0.1) is 0 Å². The monoisotopic (exact) mass is 562 g/mol. The number of para-hydroxylation sites is 1. The van der Waals surface area contributed by atoms with Gasteiger partial charge in [-0.3, -0.25) is 0 Å². The second kappa shape index (κ2) is 9.82. The maximum atomic E-state index is 6.38. The highest BCUT2D eigenvalue weighted by Crippen LogP contribution is 2.40. The van der Waals surface area contributed by atoms with Crippen LogP contribution in [0.15, 0.2) is 162 Å². The number of rotatable bonds is 4. The normalized spacial score (nSPS) is 11.6. The van der Waals surface area contributed by atoms with Crippen molar-refractivity contribution in [3.63, 3.8) is 0 Å². The first kappa shape index (κ1) is 24.6. The molecule has 0 saturated carbocycles. The summed E-state index contributed by atoms with van der Waals surface area (Å²) in [5, 5.41) is 8.01. The van der Waals surface area contributed by atoms with Gasteiger partial charge in [0.1, 0.15) is 5.58 Å². The summed E-state index contributed by atoms with van der Waals surface area (Å²) in [4.78, 5) is 7.14. The summed E-state index contributed by atoms with van der Waals surface area (Å²) >= 11 is 0. The number of benzene rings is 7. The van der Waals surface area contributed by atoms with Gasteiger partial charge in [-0.25, -0.2) is 4.98 Å². The van der Waals surface area contributed by atoms with Gasteiger partial charge >= 0.3 is 0 Å². The Morgan fingerprint density at radius 2 is 1.02 bits per heavy atom. The molecule has 0 N–H and O–H groups in total. The predicted molar refractivity (Wildman–Crippen MR) is 184 cm³/mol. The minimum absolute atomic E-state index is 0.660. The van der Waals surface area contributed by atoms with E-state index in [0.717, 1.165) is 44.3 Å². The molecule has 0 atom stereocenters. The van der Waals surface area contributed by atoms with Crippen molar-refractivity contribution in [2.45, 2.75) is 0 Å². The zero-order chi connectivity index (χ0) is 29.0. The van der Waals surface area contributed by atoms with Crippen molar-refractivity contribution < 1.29 is 4.42 Å². The van der Waals surface area contributed by atoms with Crippen LogP contribution in [-0.2, 0) is 0 Å². The van der Waals surface area contributed by atoms with Gasteiger partial charge in [0.2, 0.25) is 5.71 Å². The van der Waals surface area contributed by atoms with Crippen molar-refractivity contribution in [2.75, 3.05) is 4.90 Å². The number of anilines is 3. The fourth-order valence-corrected chi connectivity index (χ4v) is 6.38. The molecule has 0 bridgehead atoms. The van der Waals surface area contributed by atoms with E-state index in [-0.39, 0.29) is 0 Å². The minimum Gasteiger partial charge on any atom is -0.438 e. The average Bonchev–Trinajstić information content (AvgIpc) is 3.44. The molecule has 0 aliphatic rings. The molecule has 9 aromatic rings. The summed E-state index contributed by atoms with van der Waals surface area (Å²) in [5.74, 6) is 0. The average molecular weight is 563 g/mol. The van der Waals surface area contributed by atoms with Crippen LogP contribution in [0.5, 0.6) is 0 Å². The number of pyridine rings is 1. The van der Waals surface area contributed by atoms with Gasteiger partial charge in [-0.05, 0) is 87.3 Å². The Hall–Kier alpha value is -5.93. The van der Waals surface area contributed by atoms with E-state index < -0.39 is 0 Å². The fraction of sp³-hybridized carbons (Fsp3) is 0. The van der Waals surface area contributed by atoms with Gasteiger partial charge in [0.15, 0.2) is 0 Å². The molecule has 0 unspecified atom stereocenters. The maximum Gasteiger partial charge on any atom is 0.227 e. The summed E-state index contributed by atoms with van der Waals surface area (Å²) in [7, 11) is 0. The third-order valence-electron chi connectivity index (χ3n) is 8.59. The Labute approximate surface area is 254 Å². The number of fused-ring (bicyclic) bond motifs is 6. The van der Waals surface area contributed by atoms with Gasteiger partial charge in [-0.2, -0.15) is 0 Å². The number of hydrogen-bond acceptors (Lipinski definition) is 3. The molecule has 0 radical (unpaired) electrons. The van der Waals surface area contributed by atoms with E-state index in [9.17, 15) is 0 Å². The van der Waals surface area contributed by atoms with Gasteiger partial charge in [0.25, 0.3) is 0 Å². The Bertz CT molecular complexity index is 2510. The van der Waals surface area contributed by atoms with Crippen molar-refractivity contribution in [1.29, 1.82) is 0 Å². The number of hydrogen-bond donors (Lipinski definition) is 0. The zero-order valence-electron chi connectivity index (χ0n) is 23.8. The number of aromatic nitrogens is 1. The van der Waals surface area contributed by atoms with E-state index in [1.165, 1.54) is 32.7 Å². The largest absolute Gasteiger partial charge is 0.438 e. The summed E-state index contributed by atoms with van der Waals surface area (Å²) in [5.41, 5.74) is 8.04. The first-order chi connectivity index (χ1) is 21.8. The lowest BCUT2D eigenvalue weighted by Gasteiger charge is -2.26. The van der Waals surface area contributed by atoms with Crippen molar-refractivity contribution >= 4 is 71.6 Å². The van der Waals surface area contributed by atoms with Crippen molar-refractivity contribution in [3.05, 3.63) is 158 Å². The summed E-state index contributed by atoms with van der Waals surface area (Å²) < 4.78 is 6.38. The van der Waals surface area contributed by atoms with Crippen LogP contribution in [0.4, 0.5) is 17.1 Å². The summed E-state index contributed by atoms with van der Waals surface area (Å²) in [6.07, 6.45) is 0. The third-order valence-corrected chi connectivity index (χ3v) is 8.59. The Morgan fingerprint density at radius 1 is 0.409 bits per heavy atom. The van der Waals surface area contributed by atoms with E-state index in [0.29, 0.717) is 5.71 Å². The van der Waals surface area contributed by atoms with Crippen molar-refractivity contribution in [3.8, 4) is 11.1 Å². The summed E-state index contributed by atoms with van der Waals surface area (Å²) in [6, 6.07) is 55.9. The highest BCUT2D eigenvalue weighted by Gasteiger charge is 2.17. The van der Waals surface area contributed by atoms with Crippen LogP contribution < -0.4 is 4.90 Å². The predicted octanol–water partition coefficient (Wildman–Crippen LogP) is 11.6. The Morgan fingerprint density at radius 3 is 1.86 bits per heavy atom. The molecule has 206 valence electrons. The van der Waals surface area contributed by atoms with Gasteiger partial charge in [0.05, 0.1) is 5.52 Å². The van der Waals surface area contributed by atoms with Crippen molar-refractivity contribution in [2.24, 2.45) is 0 Å². The molecule has 9 rings (SSSR count). The molecular formula is C41H26N2O. The van der Waals surface area contributed by atoms with Gasteiger partial charge in [-0.1, -0.05) is 97.1 Å². The molecule has 2 heterocycles. The van der Waals surface area contributed by atoms with E-state index >= 15 is 0 Å². The smallest absolute Gasteiger partial charge is 0.227 e. The Balaban J connectivity index is 1.22. The quantitative estimate of drug-likeness (QED) is 0.214. The van der Waals surface area contributed by atoms with Gasteiger partial charge in [-0.15, -0.1) is 0 Å². The van der Waals surface area contributed by atoms with Crippen LogP contribution in [0.2, 0.25) is 0 Å². The zero-order valence-corrected chi connectivity index (χ0v) is 23.8. The molecular weight excluding hydrogens is 536 g/mol. The fourth-order valence-electron chi connectivity index (χ4n) is 6.38. The highest BCUT2D eigenvalue weighted by molar-refractivity contribution is 6.08. The van der Waals surface area contributed by atoms with Crippen LogP contribution in [0.25, 0.3) is 65.6 Å². The number of furan rings is 1. The standard InChI is InChI=1S/C41H26N2O/c1-2-8-27(9-3-1)30-14-15-32-24-35(19-17-31(32)22-30)43(34-18-16-28-10-4-5-11-29(28)23-34)36-20-21-37-38-25-33-12-6-7-13-39(33)42-41(38)44-40(37)26-36/h1-26H. The minimum atomic E-state index is 0.660. The van der Waals surface area contributed by atoms with E-state index in [4.69, 9.17) is 9.40 Å². The molecule has 44 heavy (non-hydrogen) atoms. The molecule has 2 aromatic heterocycles. The molecule has 3 heteroatoms.